The second-order valence-electron chi connectivity index (χ2n) is 6.99. The molecule has 154 valence electrons. The predicted molar refractivity (Wildman–Crippen MR) is 108 cm³/mol. The molecule has 1 aliphatic rings. The van der Waals surface area contributed by atoms with Gasteiger partial charge in [0, 0.05) is 26.3 Å². The van der Waals surface area contributed by atoms with Gasteiger partial charge in [0.2, 0.25) is 11.8 Å². The number of nitrogens with zero attached hydrogens (tertiary/aromatic N) is 2. The van der Waals surface area contributed by atoms with Gasteiger partial charge in [0.15, 0.2) is 0 Å². The number of benzene rings is 1. The average Bonchev–Trinajstić information content (AvgIpc) is 2.77. The van der Waals surface area contributed by atoms with Crippen LogP contribution in [0.1, 0.15) is 30.1 Å². The van der Waals surface area contributed by atoms with Crippen LogP contribution in [0, 0.1) is 5.92 Å². The summed E-state index contributed by atoms with van der Waals surface area (Å²) in [5.41, 5.74) is 1.67. The Labute approximate surface area is 171 Å². The highest BCUT2D eigenvalue weighted by atomic mass is 16.5. The van der Waals surface area contributed by atoms with Gasteiger partial charge in [-0.15, -0.1) is 0 Å². The van der Waals surface area contributed by atoms with Crippen LogP contribution in [0.5, 0.6) is 5.75 Å². The summed E-state index contributed by atoms with van der Waals surface area (Å²) in [5, 5.41) is 2.99. The fourth-order valence-corrected chi connectivity index (χ4v) is 3.73. The average molecular weight is 397 g/mol. The Morgan fingerprint density at radius 1 is 1.24 bits per heavy atom. The number of methoxy groups -OCH3 is 2. The molecule has 1 aromatic heterocycles. The lowest BCUT2D eigenvalue weighted by Gasteiger charge is -2.40. The Hall–Kier alpha value is -2.93. The molecule has 0 aliphatic carbocycles. The van der Waals surface area contributed by atoms with Crippen molar-refractivity contribution in [2.75, 3.05) is 27.4 Å². The van der Waals surface area contributed by atoms with Crippen molar-refractivity contribution in [1.29, 1.82) is 0 Å². The van der Waals surface area contributed by atoms with Crippen LogP contribution in [-0.4, -0.2) is 49.1 Å². The standard InChI is InChI=1S/C22H27N3O4/c1-28-13-12-25-20(26)10-9-19(21(25)16-6-5-8-18(14-16)29-2)22(27)24-15-17-7-3-4-11-23-17/h3-8,11,14,19,21H,9-10,12-13,15H2,1-2H3,(H,24,27)/t19-,21+/m1/s1. The van der Waals surface area contributed by atoms with E-state index in [0.717, 1.165) is 11.3 Å². The molecule has 0 spiro atoms. The number of ether oxygens (including phenoxy) is 2. The molecular weight excluding hydrogens is 370 g/mol. The second-order valence-corrected chi connectivity index (χ2v) is 6.99. The molecule has 7 nitrogen and oxygen atoms in total. The van der Waals surface area contributed by atoms with Crippen molar-refractivity contribution >= 4 is 11.8 Å². The van der Waals surface area contributed by atoms with Gasteiger partial charge in [0.25, 0.3) is 0 Å². The number of hydrogen-bond donors (Lipinski definition) is 1. The van der Waals surface area contributed by atoms with Crippen LogP contribution in [0.15, 0.2) is 48.7 Å². The number of piperidine rings is 1. The van der Waals surface area contributed by atoms with E-state index in [-0.39, 0.29) is 23.8 Å². The minimum Gasteiger partial charge on any atom is -0.497 e. The van der Waals surface area contributed by atoms with Gasteiger partial charge in [-0.25, -0.2) is 0 Å². The molecular formula is C22H27N3O4. The van der Waals surface area contributed by atoms with E-state index in [1.54, 1.807) is 25.3 Å². The molecule has 0 unspecified atom stereocenters. The van der Waals surface area contributed by atoms with Crippen molar-refractivity contribution in [2.45, 2.75) is 25.4 Å². The van der Waals surface area contributed by atoms with E-state index in [4.69, 9.17) is 9.47 Å². The summed E-state index contributed by atoms with van der Waals surface area (Å²) in [5.74, 6) is 0.280. The molecule has 2 aromatic rings. The molecule has 2 amide bonds. The summed E-state index contributed by atoms with van der Waals surface area (Å²) in [4.78, 5) is 31.8. The van der Waals surface area contributed by atoms with Gasteiger partial charge in [-0.1, -0.05) is 18.2 Å². The summed E-state index contributed by atoms with van der Waals surface area (Å²) in [6.07, 6.45) is 2.54. The number of carbonyl (C=O) groups excluding carboxylic acids is 2. The summed E-state index contributed by atoms with van der Waals surface area (Å²) in [6.45, 7) is 1.20. The van der Waals surface area contributed by atoms with Crippen molar-refractivity contribution in [3.63, 3.8) is 0 Å². The number of hydrogen-bond acceptors (Lipinski definition) is 5. The van der Waals surface area contributed by atoms with Crippen LogP contribution in [0.4, 0.5) is 0 Å². The van der Waals surface area contributed by atoms with E-state index in [9.17, 15) is 9.59 Å². The minimum absolute atomic E-state index is 0.0312. The van der Waals surface area contributed by atoms with Crippen molar-refractivity contribution in [1.82, 2.24) is 15.2 Å². The first-order valence-electron chi connectivity index (χ1n) is 9.74. The first-order valence-corrected chi connectivity index (χ1v) is 9.74. The Kier molecular flexibility index (Phi) is 7.19. The van der Waals surface area contributed by atoms with Crippen molar-refractivity contribution < 1.29 is 19.1 Å². The summed E-state index contributed by atoms with van der Waals surface area (Å²) >= 11 is 0. The number of amides is 2. The van der Waals surface area contributed by atoms with E-state index >= 15 is 0 Å². The molecule has 1 aliphatic heterocycles. The third-order valence-electron chi connectivity index (χ3n) is 5.18. The van der Waals surface area contributed by atoms with Gasteiger partial charge in [-0.2, -0.15) is 0 Å². The number of carbonyl (C=O) groups is 2. The monoisotopic (exact) mass is 397 g/mol. The lowest BCUT2D eigenvalue weighted by molar-refractivity contribution is -0.144. The molecule has 1 N–H and O–H groups in total. The zero-order valence-corrected chi connectivity index (χ0v) is 16.8. The zero-order chi connectivity index (χ0) is 20.6. The van der Waals surface area contributed by atoms with E-state index in [2.05, 4.69) is 10.3 Å². The maximum atomic E-state index is 13.1. The molecule has 0 saturated carbocycles. The molecule has 2 heterocycles. The first-order chi connectivity index (χ1) is 14.1. The van der Waals surface area contributed by atoms with Gasteiger partial charge in [-0.05, 0) is 36.2 Å². The number of aromatic nitrogens is 1. The van der Waals surface area contributed by atoms with E-state index in [1.807, 2.05) is 42.5 Å². The highest BCUT2D eigenvalue weighted by molar-refractivity contribution is 5.85. The van der Waals surface area contributed by atoms with E-state index in [0.29, 0.717) is 38.3 Å². The van der Waals surface area contributed by atoms with Crippen LogP contribution in [0.3, 0.4) is 0 Å². The molecule has 3 rings (SSSR count). The molecule has 29 heavy (non-hydrogen) atoms. The number of nitrogens with one attached hydrogen (secondary N) is 1. The maximum Gasteiger partial charge on any atom is 0.225 e. The number of pyridine rings is 1. The Morgan fingerprint density at radius 3 is 2.83 bits per heavy atom. The van der Waals surface area contributed by atoms with E-state index < -0.39 is 0 Å². The van der Waals surface area contributed by atoms with E-state index in [1.165, 1.54) is 0 Å². The van der Waals surface area contributed by atoms with Crippen molar-refractivity contribution in [3.8, 4) is 5.75 Å². The fraction of sp³-hybridized carbons (Fsp3) is 0.409. The Morgan fingerprint density at radius 2 is 2.10 bits per heavy atom. The lowest BCUT2D eigenvalue weighted by atomic mass is 9.83. The largest absolute Gasteiger partial charge is 0.497 e. The van der Waals surface area contributed by atoms with Gasteiger partial charge in [0.05, 0.1) is 37.9 Å². The minimum atomic E-state index is -0.370. The van der Waals surface area contributed by atoms with Crippen molar-refractivity contribution in [2.24, 2.45) is 5.92 Å². The third-order valence-corrected chi connectivity index (χ3v) is 5.18. The van der Waals surface area contributed by atoms with Crippen LogP contribution in [-0.2, 0) is 20.9 Å². The molecule has 1 aromatic carbocycles. The number of likely N-dealkylation sites (tertiary alicyclic amines) is 1. The Bertz CT molecular complexity index is 828. The molecule has 0 bridgehead atoms. The number of rotatable bonds is 8. The first kappa shape index (κ1) is 20.8. The van der Waals surface area contributed by atoms with Crippen LogP contribution in [0.25, 0.3) is 0 Å². The van der Waals surface area contributed by atoms with Gasteiger partial charge >= 0.3 is 0 Å². The topological polar surface area (TPSA) is 80.8 Å². The fourth-order valence-electron chi connectivity index (χ4n) is 3.73. The normalized spacial score (nSPS) is 19.1. The molecule has 2 atom stereocenters. The van der Waals surface area contributed by atoms with Crippen LogP contribution < -0.4 is 10.1 Å². The molecule has 1 saturated heterocycles. The van der Waals surface area contributed by atoms with Crippen LogP contribution >= 0.6 is 0 Å². The van der Waals surface area contributed by atoms with Gasteiger partial charge < -0.3 is 19.7 Å². The SMILES string of the molecule is COCCN1C(=O)CC[C@@H](C(=O)NCc2ccccn2)[C@@H]1c1cccc(OC)c1. The predicted octanol–water partition coefficient (Wildman–Crippen LogP) is 2.33. The maximum absolute atomic E-state index is 13.1. The molecule has 1 fully saturated rings. The van der Waals surface area contributed by atoms with Gasteiger partial charge in [0.1, 0.15) is 5.75 Å². The summed E-state index contributed by atoms with van der Waals surface area (Å²) in [7, 11) is 3.21. The smallest absolute Gasteiger partial charge is 0.225 e. The molecule has 7 heteroatoms. The summed E-state index contributed by atoms with van der Waals surface area (Å²) < 4.78 is 10.5. The lowest BCUT2D eigenvalue weighted by Crippen LogP contribution is -2.49. The summed E-state index contributed by atoms with van der Waals surface area (Å²) in [6, 6.07) is 12.8. The second kappa shape index (κ2) is 10.0. The van der Waals surface area contributed by atoms with Crippen molar-refractivity contribution in [3.05, 3.63) is 59.9 Å². The van der Waals surface area contributed by atoms with Crippen LogP contribution in [0.2, 0.25) is 0 Å². The molecule has 0 radical (unpaired) electrons. The quantitative estimate of drug-likeness (QED) is 0.739. The highest BCUT2D eigenvalue weighted by Crippen LogP contribution is 2.38. The van der Waals surface area contributed by atoms with Gasteiger partial charge in [-0.3, -0.25) is 14.6 Å². The third kappa shape index (κ3) is 5.12. The highest BCUT2D eigenvalue weighted by Gasteiger charge is 2.40. The Balaban J connectivity index is 1.85. The zero-order valence-electron chi connectivity index (χ0n) is 16.8.